The molecule has 0 aromatic carbocycles. The summed E-state index contributed by atoms with van der Waals surface area (Å²) in [6, 6.07) is 1.76. The van der Waals surface area contributed by atoms with Gasteiger partial charge in [0.25, 0.3) is 5.91 Å². The first-order valence-electron chi connectivity index (χ1n) is 8.10. The molecule has 0 aliphatic carbocycles. The topological polar surface area (TPSA) is 66.7 Å². The van der Waals surface area contributed by atoms with Crippen LogP contribution in [0.4, 0.5) is 0 Å². The van der Waals surface area contributed by atoms with Crippen LogP contribution in [0.2, 0.25) is 0 Å². The van der Waals surface area contributed by atoms with E-state index in [1.165, 1.54) is 6.26 Å². The van der Waals surface area contributed by atoms with E-state index >= 15 is 0 Å². The van der Waals surface area contributed by atoms with Gasteiger partial charge in [-0.25, -0.2) is 4.98 Å². The maximum Gasteiger partial charge on any atom is 0.257 e. The molecule has 4 heterocycles. The molecule has 2 aromatic rings. The van der Waals surface area contributed by atoms with Crippen molar-refractivity contribution in [2.75, 3.05) is 6.54 Å². The molecule has 6 nitrogen and oxygen atoms in total. The molecule has 0 saturated carbocycles. The highest BCUT2D eigenvalue weighted by Gasteiger charge is 2.48. The van der Waals surface area contributed by atoms with Gasteiger partial charge in [0.1, 0.15) is 5.76 Å². The van der Waals surface area contributed by atoms with Crippen LogP contribution in [-0.2, 0) is 11.3 Å². The Kier molecular flexibility index (Phi) is 3.68. The number of amides is 2. The summed E-state index contributed by atoms with van der Waals surface area (Å²) in [5.41, 5.74) is 1.53. The minimum Gasteiger partial charge on any atom is -0.469 e. The van der Waals surface area contributed by atoms with E-state index < -0.39 is 0 Å². The molecule has 7 heteroatoms. The summed E-state index contributed by atoms with van der Waals surface area (Å²) in [5.74, 6) is 0.701. The van der Waals surface area contributed by atoms with Gasteiger partial charge in [0.2, 0.25) is 5.91 Å². The van der Waals surface area contributed by atoms with Gasteiger partial charge in [-0.2, -0.15) is 0 Å². The van der Waals surface area contributed by atoms with Crippen LogP contribution in [0.3, 0.4) is 0 Å². The molecule has 0 unspecified atom stereocenters. The van der Waals surface area contributed by atoms with E-state index in [0.29, 0.717) is 30.8 Å². The number of thiazole rings is 1. The largest absolute Gasteiger partial charge is 0.469 e. The average Bonchev–Trinajstić information content (AvgIpc) is 3.28. The van der Waals surface area contributed by atoms with Crippen LogP contribution in [0.25, 0.3) is 0 Å². The number of hydrogen-bond acceptors (Lipinski definition) is 5. The smallest absolute Gasteiger partial charge is 0.257 e. The monoisotopic (exact) mass is 345 g/mol. The highest BCUT2D eigenvalue weighted by molar-refractivity contribution is 7.09. The third kappa shape index (κ3) is 2.43. The number of carbonyl (C=O) groups is 2. The summed E-state index contributed by atoms with van der Waals surface area (Å²) < 4.78 is 5.25. The summed E-state index contributed by atoms with van der Waals surface area (Å²) in [4.78, 5) is 33.4. The Morgan fingerprint density at radius 1 is 1.42 bits per heavy atom. The van der Waals surface area contributed by atoms with Gasteiger partial charge in [0.05, 0.1) is 41.2 Å². The second-order valence-corrected chi connectivity index (χ2v) is 7.46. The summed E-state index contributed by atoms with van der Waals surface area (Å²) in [7, 11) is 0. The molecule has 2 aliphatic rings. The minimum absolute atomic E-state index is 0.0343. The van der Waals surface area contributed by atoms with Gasteiger partial charge in [0.15, 0.2) is 0 Å². The fraction of sp³-hybridized carbons (Fsp3) is 0.471. The second kappa shape index (κ2) is 5.73. The van der Waals surface area contributed by atoms with E-state index in [-0.39, 0.29) is 23.9 Å². The molecule has 2 saturated heterocycles. The first-order valence-corrected chi connectivity index (χ1v) is 8.98. The lowest BCUT2D eigenvalue weighted by Gasteiger charge is -2.25. The molecule has 0 spiro atoms. The number of fused-ring (bicyclic) bond motifs is 1. The Labute approximate surface area is 144 Å². The van der Waals surface area contributed by atoms with E-state index in [2.05, 4.69) is 4.98 Å². The van der Waals surface area contributed by atoms with Gasteiger partial charge < -0.3 is 14.2 Å². The zero-order valence-electron chi connectivity index (χ0n) is 13.7. The van der Waals surface area contributed by atoms with Crippen LogP contribution in [0.15, 0.2) is 22.1 Å². The van der Waals surface area contributed by atoms with Gasteiger partial charge in [-0.1, -0.05) is 0 Å². The summed E-state index contributed by atoms with van der Waals surface area (Å²) in [6.07, 6.45) is 2.76. The molecule has 2 amide bonds. The van der Waals surface area contributed by atoms with Crippen molar-refractivity contribution in [3.63, 3.8) is 0 Å². The summed E-state index contributed by atoms with van der Waals surface area (Å²) >= 11 is 1.60. The van der Waals surface area contributed by atoms with Crippen molar-refractivity contribution >= 4 is 23.2 Å². The number of hydrogen-bond donors (Lipinski definition) is 0. The molecule has 126 valence electrons. The third-order valence-corrected chi connectivity index (χ3v) is 5.79. The molecule has 4 rings (SSSR count). The van der Waals surface area contributed by atoms with Crippen molar-refractivity contribution in [2.24, 2.45) is 0 Å². The fourth-order valence-electron chi connectivity index (χ4n) is 3.80. The van der Waals surface area contributed by atoms with Crippen molar-refractivity contribution < 1.29 is 14.0 Å². The quantitative estimate of drug-likeness (QED) is 0.856. The molecule has 24 heavy (non-hydrogen) atoms. The van der Waals surface area contributed by atoms with Crippen molar-refractivity contribution in [1.29, 1.82) is 0 Å². The maximum atomic E-state index is 12.8. The molecule has 2 fully saturated rings. The predicted octanol–water partition coefficient (Wildman–Crippen LogP) is 2.37. The SMILES string of the molecule is Cc1nc(CN2C(=O)C[C@@H]3[C@@H]2CCN3C(=O)c2ccoc2C)cs1. The molecule has 2 atom stereocenters. The van der Waals surface area contributed by atoms with Crippen molar-refractivity contribution in [1.82, 2.24) is 14.8 Å². The average molecular weight is 345 g/mol. The van der Waals surface area contributed by atoms with Gasteiger partial charge in [-0.15, -0.1) is 11.3 Å². The third-order valence-electron chi connectivity index (χ3n) is 4.96. The Balaban J connectivity index is 1.53. The van der Waals surface area contributed by atoms with Gasteiger partial charge in [-0.3, -0.25) is 9.59 Å². The lowest BCUT2D eigenvalue weighted by Crippen LogP contribution is -2.39. The number of likely N-dealkylation sites (tertiary alicyclic amines) is 2. The van der Waals surface area contributed by atoms with Gasteiger partial charge in [0, 0.05) is 18.3 Å². The van der Waals surface area contributed by atoms with Crippen molar-refractivity contribution in [2.45, 2.75) is 45.3 Å². The Morgan fingerprint density at radius 2 is 2.25 bits per heavy atom. The predicted molar refractivity (Wildman–Crippen MR) is 88.7 cm³/mol. The van der Waals surface area contributed by atoms with E-state index in [4.69, 9.17) is 4.42 Å². The zero-order valence-corrected chi connectivity index (χ0v) is 14.5. The Hall–Kier alpha value is -2.15. The number of aryl methyl sites for hydroxylation is 2. The standard InChI is InChI=1S/C17H19N3O3S/c1-10-13(4-6-23-10)17(22)19-5-3-14-15(19)7-16(21)20(14)8-12-9-24-11(2)18-12/h4,6,9,14-15H,3,5,7-8H2,1-2H3/t14-,15+/m0/s1. The fourth-order valence-corrected chi connectivity index (χ4v) is 4.41. The zero-order chi connectivity index (χ0) is 16.8. The van der Waals surface area contributed by atoms with Crippen LogP contribution in [-0.4, -0.2) is 45.2 Å². The molecule has 2 aromatic heterocycles. The number of aromatic nitrogens is 1. The lowest BCUT2D eigenvalue weighted by molar-refractivity contribution is -0.129. The van der Waals surface area contributed by atoms with E-state index in [1.54, 1.807) is 24.3 Å². The summed E-state index contributed by atoms with van der Waals surface area (Å²) in [6.45, 7) is 4.97. The van der Waals surface area contributed by atoms with Crippen LogP contribution in [0.5, 0.6) is 0 Å². The van der Waals surface area contributed by atoms with Gasteiger partial charge in [-0.05, 0) is 26.3 Å². The van der Waals surface area contributed by atoms with E-state index in [1.807, 2.05) is 22.1 Å². The summed E-state index contributed by atoms with van der Waals surface area (Å²) in [5, 5.41) is 3.01. The molecule has 0 N–H and O–H groups in total. The normalized spacial score (nSPS) is 23.2. The van der Waals surface area contributed by atoms with Crippen LogP contribution in [0.1, 0.15) is 39.7 Å². The maximum absolute atomic E-state index is 12.8. The number of furan rings is 1. The van der Waals surface area contributed by atoms with Crippen molar-refractivity contribution in [3.8, 4) is 0 Å². The molecule has 0 bridgehead atoms. The number of carbonyl (C=O) groups excluding carboxylic acids is 2. The molecular formula is C17H19N3O3S. The van der Waals surface area contributed by atoms with Crippen molar-refractivity contribution in [3.05, 3.63) is 39.7 Å². The van der Waals surface area contributed by atoms with E-state index in [9.17, 15) is 9.59 Å². The first kappa shape index (κ1) is 15.4. The molecular weight excluding hydrogens is 326 g/mol. The van der Waals surface area contributed by atoms with Crippen LogP contribution >= 0.6 is 11.3 Å². The first-order chi connectivity index (χ1) is 11.5. The molecule has 2 aliphatic heterocycles. The Bertz CT molecular complexity index is 797. The number of rotatable bonds is 3. The molecule has 0 radical (unpaired) electrons. The minimum atomic E-state index is -0.0426. The lowest BCUT2D eigenvalue weighted by atomic mass is 10.1. The van der Waals surface area contributed by atoms with Crippen LogP contribution < -0.4 is 0 Å². The van der Waals surface area contributed by atoms with Gasteiger partial charge >= 0.3 is 0 Å². The Morgan fingerprint density at radius 3 is 2.92 bits per heavy atom. The van der Waals surface area contributed by atoms with E-state index in [0.717, 1.165) is 17.1 Å². The highest BCUT2D eigenvalue weighted by Crippen LogP contribution is 2.34. The van der Waals surface area contributed by atoms with Crippen LogP contribution in [0, 0.1) is 13.8 Å². The highest BCUT2D eigenvalue weighted by atomic mass is 32.1. The second-order valence-electron chi connectivity index (χ2n) is 6.40. The number of nitrogens with zero attached hydrogens (tertiary/aromatic N) is 3.